The molecule has 1 fully saturated rings. The lowest BCUT2D eigenvalue weighted by Crippen LogP contribution is -2.35. The van der Waals surface area contributed by atoms with Gasteiger partial charge in [-0.25, -0.2) is 9.50 Å². The van der Waals surface area contributed by atoms with Gasteiger partial charge in [0.15, 0.2) is 5.82 Å². The number of pyridine rings is 1. The number of hydrogen-bond donors (Lipinski definition) is 1. The predicted octanol–water partition coefficient (Wildman–Crippen LogP) is 4.85. The van der Waals surface area contributed by atoms with Crippen molar-refractivity contribution in [3.05, 3.63) is 75.8 Å². The van der Waals surface area contributed by atoms with Crippen molar-refractivity contribution in [2.75, 3.05) is 38.2 Å². The van der Waals surface area contributed by atoms with Crippen LogP contribution >= 0.6 is 23.2 Å². The average Bonchev–Trinajstić information content (AvgIpc) is 3.30. The van der Waals surface area contributed by atoms with E-state index < -0.39 is 0 Å². The molecule has 0 bridgehead atoms. The second kappa shape index (κ2) is 11.2. The van der Waals surface area contributed by atoms with Crippen LogP contribution < -0.4 is 5.32 Å². The summed E-state index contributed by atoms with van der Waals surface area (Å²) in [5, 5.41) is 18.4. The lowest BCUT2D eigenvalue weighted by molar-refractivity contribution is 0.0336. The highest BCUT2D eigenvalue weighted by Gasteiger charge is 2.16. The number of ether oxygens (including phenoxy) is 1. The van der Waals surface area contributed by atoms with E-state index in [0.717, 1.165) is 74.0 Å². The fourth-order valence-corrected chi connectivity index (χ4v) is 4.69. The maximum Gasteiger partial charge on any atom is 0.152 e. The van der Waals surface area contributed by atoms with Crippen molar-refractivity contribution in [1.29, 1.82) is 5.26 Å². The van der Waals surface area contributed by atoms with Crippen molar-refractivity contribution in [3.8, 4) is 17.3 Å². The van der Waals surface area contributed by atoms with E-state index in [2.05, 4.69) is 27.3 Å². The van der Waals surface area contributed by atoms with Crippen LogP contribution in [0.4, 0.5) is 5.82 Å². The van der Waals surface area contributed by atoms with E-state index in [1.165, 1.54) is 0 Å². The number of nitriles is 1. The Bertz CT molecular complexity index is 1390. The molecule has 1 N–H and O–H groups in total. The smallest absolute Gasteiger partial charge is 0.152 e. The van der Waals surface area contributed by atoms with Crippen molar-refractivity contribution in [3.63, 3.8) is 0 Å². The van der Waals surface area contributed by atoms with Gasteiger partial charge in [-0.05, 0) is 49.2 Å². The first kappa shape index (κ1) is 24.5. The number of nitrogens with zero attached hydrogens (tertiary/aromatic N) is 6. The lowest BCUT2D eigenvalue weighted by Gasteiger charge is -2.25. The molecule has 0 atom stereocenters. The summed E-state index contributed by atoms with van der Waals surface area (Å²) < 4.78 is 7.34. The Morgan fingerprint density at radius 1 is 1.08 bits per heavy atom. The molecule has 3 aromatic heterocycles. The van der Waals surface area contributed by atoms with Gasteiger partial charge in [0.05, 0.1) is 41.4 Å². The molecule has 10 heteroatoms. The number of anilines is 1. The van der Waals surface area contributed by atoms with Gasteiger partial charge in [0.25, 0.3) is 0 Å². The van der Waals surface area contributed by atoms with Crippen LogP contribution in [0.3, 0.4) is 0 Å². The van der Waals surface area contributed by atoms with Crippen LogP contribution in [0.1, 0.15) is 23.4 Å². The topological polar surface area (TPSA) is 91.4 Å². The van der Waals surface area contributed by atoms with Gasteiger partial charge >= 0.3 is 0 Å². The minimum absolute atomic E-state index is 0.535. The fourth-order valence-electron chi connectivity index (χ4n) is 4.18. The number of benzene rings is 1. The first-order valence-corrected chi connectivity index (χ1v) is 12.6. The number of halogens is 2. The number of aryl methyl sites for hydroxylation is 1. The van der Waals surface area contributed by atoms with E-state index in [-0.39, 0.29) is 0 Å². The number of nitrogens with one attached hydrogen (secondary N) is 1. The Morgan fingerprint density at radius 2 is 1.94 bits per heavy atom. The predicted molar refractivity (Wildman–Crippen MR) is 140 cm³/mol. The van der Waals surface area contributed by atoms with Crippen LogP contribution in [0.25, 0.3) is 16.8 Å². The monoisotopic (exact) mass is 521 g/mol. The molecule has 4 aromatic rings. The van der Waals surface area contributed by atoms with Gasteiger partial charge in [0.2, 0.25) is 0 Å². The van der Waals surface area contributed by atoms with E-state index >= 15 is 0 Å². The molecule has 5 rings (SSSR count). The fraction of sp³-hybridized carbons (Fsp3) is 0.308. The molecule has 1 aliphatic rings. The van der Waals surface area contributed by atoms with Gasteiger partial charge in [0.1, 0.15) is 11.6 Å². The summed E-state index contributed by atoms with van der Waals surface area (Å²) >= 11 is 12.6. The Morgan fingerprint density at radius 3 is 2.69 bits per heavy atom. The Kier molecular flexibility index (Phi) is 7.63. The Hall–Kier alpha value is -3.22. The summed E-state index contributed by atoms with van der Waals surface area (Å²) in [4.78, 5) is 11.6. The highest BCUT2D eigenvalue weighted by Crippen LogP contribution is 2.31. The van der Waals surface area contributed by atoms with E-state index in [0.29, 0.717) is 27.8 Å². The maximum atomic E-state index is 8.95. The first-order valence-electron chi connectivity index (χ1n) is 11.8. The third-order valence-electron chi connectivity index (χ3n) is 6.06. The molecule has 0 saturated carbocycles. The second-order valence-electron chi connectivity index (χ2n) is 8.63. The zero-order valence-corrected chi connectivity index (χ0v) is 21.1. The quantitative estimate of drug-likeness (QED) is 0.331. The Labute approximate surface area is 219 Å². The van der Waals surface area contributed by atoms with Crippen molar-refractivity contribution in [2.24, 2.45) is 0 Å². The summed E-state index contributed by atoms with van der Waals surface area (Å²) in [7, 11) is 0. The van der Waals surface area contributed by atoms with Gasteiger partial charge in [-0.1, -0.05) is 23.2 Å². The van der Waals surface area contributed by atoms with Crippen molar-refractivity contribution >= 4 is 34.5 Å². The van der Waals surface area contributed by atoms with Crippen molar-refractivity contribution in [2.45, 2.75) is 19.4 Å². The van der Waals surface area contributed by atoms with Gasteiger partial charge < -0.3 is 10.1 Å². The summed E-state index contributed by atoms with van der Waals surface area (Å²) in [6, 6.07) is 13.3. The summed E-state index contributed by atoms with van der Waals surface area (Å²) in [6.07, 6.45) is 5.15. The molecular weight excluding hydrogens is 497 g/mol. The molecule has 0 unspecified atom stereocenters. The van der Waals surface area contributed by atoms with Gasteiger partial charge in [-0.15, -0.1) is 0 Å². The number of aromatic nitrogens is 4. The summed E-state index contributed by atoms with van der Waals surface area (Å²) in [6.45, 7) is 4.74. The van der Waals surface area contributed by atoms with Crippen LogP contribution in [-0.4, -0.2) is 57.3 Å². The summed E-state index contributed by atoms with van der Waals surface area (Å²) in [5.74, 6) is 0.743. The molecule has 4 heterocycles. The number of morpholine rings is 1. The zero-order chi connectivity index (χ0) is 24.9. The van der Waals surface area contributed by atoms with Gasteiger partial charge in [-0.2, -0.15) is 10.4 Å². The third kappa shape index (κ3) is 5.77. The largest absolute Gasteiger partial charge is 0.379 e. The van der Waals surface area contributed by atoms with Crippen LogP contribution in [0, 0.1) is 11.3 Å². The number of rotatable bonds is 8. The van der Waals surface area contributed by atoms with Crippen LogP contribution in [-0.2, 0) is 17.7 Å². The molecule has 0 amide bonds. The average molecular weight is 522 g/mol. The highest BCUT2D eigenvalue weighted by atomic mass is 35.5. The van der Waals surface area contributed by atoms with E-state index in [4.69, 9.17) is 43.3 Å². The zero-order valence-electron chi connectivity index (χ0n) is 19.6. The standard InChI is InChI=1S/C26H25Cl2N7O/c27-19-4-6-22(23(28)12-19)24-17-35-25(13-21(33-35)16-34-8-10-36-11-9-34)26(32-24)30-7-1-2-20-5-3-18(14-29)15-31-20/h3-6,12-13,15,17H,1-2,7-11,16H2,(H,30,32). The molecule has 184 valence electrons. The normalized spacial score (nSPS) is 14.1. The SMILES string of the molecule is N#Cc1ccc(CCCNc2nc(-c3ccc(Cl)cc3Cl)cn3nc(CN4CCOCC4)cc23)nc1. The molecule has 1 aliphatic heterocycles. The van der Waals surface area contributed by atoms with E-state index in [9.17, 15) is 0 Å². The molecule has 0 radical (unpaired) electrons. The van der Waals surface area contributed by atoms with Crippen molar-refractivity contribution < 1.29 is 4.74 Å². The second-order valence-corrected chi connectivity index (χ2v) is 9.48. The van der Waals surface area contributed by atoms with Crippen LogP contribution in [0.15, 0.2) is 48.8 Å². The van der Waals surface area contributed by atoms with Gasteiger partial charge in [0, 0.05) is 48.7 Å². The molecule has 8 nitrogen and oxygen atoms in total. The van der Waals surface area contributed by atoms with E-state index in [1.807, 2.05) is 22.8 Å². The summed E-state index contributed by atoms with van der Waals surface area (Å²) in [5.41, 5.74) is 4.90. The number of fused-ring (bicyclic) bond motifs is 1. The van der Waals surface area contributed by atoms with Gasteiger partial charge in [-0.3, -0.25) is 9.88 Å². The molecular formula is C26H25Cl2N7O. The minimum Gasteiger partial charge on any atom is -0.379 e. The van der Waals surface area contributed by atoms with Crippen molar-refractivity contribution in [1.82, 2.24) is 24.5 Å². The Balaban J connectivity index is 1.38. The van der Waals surface area contributed by atoms with E-state index in [1.54, 1.807) is 24.4 Å². The highest BCUT2D eigenvalue weighted by molar-refractivity contribution is 6.36. The van der Waals surface area contributed by atoms with Crippen LogP contribution in [0.2, 0.25) is 10.0 Å². The molecule has 36 heavy (non-hydrogen) atoms. The molecule has 1 aromatic carbocycles. The third-order valence-corrected chi connectivity index (χ3v) is 6.61. The molecule has 0 spiro atoms. The lowest BCUT2D eigenvalue weighted by atomic mass is 10.1. The maximum absolute atomic E-state index is 8.95. The molecule has 0 aliphatic carbocycles. The molecule has 1 saturated heterocycles. The first-order chi connectivity index (χ1) is 17.6. The van der Waals surface area contributed by atoms with Crippen LogP contribution in [0.5, 0.6) is 0 Å². The number of hydrogen-bond acceptors (Lipinski definition) is 7. The minimum atomic E-state index is 0.535.